The van der Waals surface area contributed by atoms with Crippen LogP contribution in [0.3, 0.4) is 0 Å². The van der Waals surface area contributed by atoms with Crippen molar-refractivity contribution >= 4 is 10.9 Å². The Morgan fingerprint density at radius 2 is 2.07 bits per heavy atom. The monoisotopic (exact) mass is 205 g/mol. The van der Waals surface area contributed by atoms with Crippen molar-refractivity contribution in [2.75, 3.05) is 6.61 Å². The van der Waals surface area contributed by atoms with Crippen LogP contribution in [0.2, 0.25) is 0 Å². The van der Waals surface area contributed by atoms with Gasteiger partial charge >= 0.3 is 0 Å². The first kappa shape index (κ1) is 10.2. The van der Waals surface area contributed by atoms with Gasteiger partial charge in [0, 0.05) is 11.2 Å². The zero-order valence-corrected chi connectivity index (χ0v) is 8.72. The summed E-state index contributed by atoms with van der Waals surface area (Å²) in [6.45, 7) is 2.24. The first-order valence-corrected chi connectivity index (χ1v) is 5.06. The minimum atomic E-state index is -0.695. The molecule has 1 atom stereocenters. The van der Waals surface area contributed by atoms with Crippen molar-refractivity contribution in [3.05, 3.63) is 36.0 Å². The molecule has 0 aliphatic heterocycles. The second-order valence-electron chi connectivity index (χ2n) is 3.79. The highest BCUT2D eigenvalue weighted by Gasteiger charge is 2.08. The smallest absolute Gasteiger partial charge is 0.0949 e. The lowest BCUT2D eigenvalue weighted by molar-refractivity contribution is 0.0818. The number of rotatable bonds is 3. The Hall–Kier alpha value is -1.32. The van der Waals surface area contributed by atoms with E-state index in [0.717, 1.165) is 11.2 Å². The molecule has 80 valence electrons. The molecule has 0 spiro atoms. The minimum Gasteiger partial charge on any atom is -0.394 e. The third kappa shape index (κ3) is 1.89. The number of nitrogens with zero attached hydrogens (tertiary/aromatic N) is 1. The Kier molecular flexibility index (Phi) is 2.75. The Balaban J connectivity index is 2.45. The first-order valence-electron chi connectivity index (χ1n) is 5.06. The fourth-order valence-corrected chi connectivity index (χ4v) is 1.86. The fourth-order valence-electron chi connectivity index (χ4n) is 1.86. The lowest BCUT2D eigenvalue weighted by atomic mass is 10.2. The van der Waals surface area contributed by atoms with E-state index in [1.807, 2.05) is 35.8 Å². The van der Waals surface area contributed by atoms with E-state index in [2.05, 4.69) is 6.07 Å². The van der Waals surface area contributed by atoms with E-state index in [1.54, 1.807) is 0 Å². The van der Waals surface area contributed by atoms with Crippen molar-refractivity contribution < 1.29 is 10.2 Å². The van der Waals surface area contributed by atoms with Gasteiger partial charge in [0.15, 0.2) is 0 Å². The van der Waals surface area contributed by atoms with Crippen molar-refractivity contribution in [3.63, 3.8) is 0 Å². The molecule has 0 saturated carbocycles. The molecule has 2 rings (SSSR count). The Bertz CT molecular complexity index is 462. The van der Waals surface area contributed by atoms with E-state index >= 15 is 0 Å². The molecule has 0 aliphatic rings. The summed E-state index contributed by atoms with van der Waals surface area (Å²) < 4.78 is 2.02. The van der Waals surface area contributed by atoms with Crippen LogP contribution in [0, 0.1) is 6.92 Å². The predicted octanol–water partition coefficient (Wildman–Crippen LogP) is 1.30. The highest BCUT2D eigenvalue weighted by atomic mass is 16.3. The minimum absolute atomic E-state index is 0.202. The fraction of sp³-hybridized carbons (Fsp3) is 0.333. The van der Waals surface area contributed by atoms with Gasteiger partial charge in [-0.1, -0.05) is 18.2 Å². The zero-order valence-electron chi connectivity index (χ0n) is 8.72. The molecule has 2 N–H and O–H groups in total. The highest BCUT2D eigenvalue weighted by molar-refractivity contribution is 5.81. The van der Waals surface area contributed by atoms with Gasteiger partial charge in [-0.2, -0.15) is 0 Å². The molecule has 0 fully saturated rings. The molecule has 0 aliphatic carbocycles. The zero-order chi connectivity index (χ0) is 10.8. The Morgan fingerprint density at radius 1 is 1.33 bits per heavy atom. The van der Waals surface area contributed by atoms with Crippen molar-refractivity contribution in [1.29, 1.82) is 0 Å². The van der Waals surface area contributed by atoms with Crippen LogP contribution in [-0.4, -0.2) is 27.5 Å². The largest absolute Gasteiger partial charge is 0.394 e. The van der Waals surface area contributed by atoms with Crippen LogP contribution in [0.1, 0.15) is 5.69 Å². The summed E-state index contributed by atoms with van der Waals surface area (Å²) in [7, 11) is 0. The lowest BCUT2D eigenvalue weighted by Crippen LogP contribution is -2.20. The number of aliphatic hydroxyl groups is 2. The normalized spacial score (nSPS) is 13.3. The molecule has 1 heterocycles. The molecular formula is C12H15NO2. The van der Waals surface area contributed by atoms with Gasteiger partial charge in [0.2, 0.25) is 0 Å². The number of aryl methyl sites for hydroxylation is 1. The van der Waals surface area contributed by atoms with Crippen LogP contribution in [0.15, 0.2) is 30.3 Å². The summed E-state index contributed by atoms with van der Waals surface area (Å²) in [6.07, 6.45) is -0.695. The van der Waals surface area contributed by atoms with Crippen LogP contribution < -0.4 is 0 Å². The number of benzene rings is 1. The van der Waals surface area contributed by atoms with E-state index in [4.69, 9.17) is 5.11 Å². The Labute approximate surface area is 88.6 Å². The maximum absolute atomic E-state index is 9.44. The van der Waals surface area contributed by atoms with Gasteiger partial charge in [0.25, 0.3) is 0 Å². The van der Waals surface area contributed by atoms with Gasteiger partial charge in [0.1, 0.15) is 0 Å². The molecule has 2 aromatic rings. The molecular weight excluding hydrogens is 190 g/mol. The summed E-state index contributed by atoms with van der Waals surface area (Å²) >= 11 is 0. The summed E-state index contributed by atoms with van der Waals surface area (Å²) in [4.78, 5) is 0. The molecule has 3 heteroatoms. The van der Waals surface area contributed by atoms with Gasteiger partial charge in [-0.3, -0.25) is 0 Å². The van der Waals surface area contributed by atoms with Gasteiger partial charge < -0.3 is 14.8 Å². The van der Waals surface area contributed by atoms with E-state index in [1.165, 1.54) is 5.39 Å². The molecule has 1 unspecified atom stereocenters. The standard InChI is InChI=1S/C12H15NO2/c1-9-6-10-4-2-3-5-12(10)13(9)7-11(15)8-14/h2-6,11,14-15H,7-8H2,1H3. The van der Waals surface area contributed by atoms with Crippen molar-refractivity contribution in [2.45, 2.75) is 19.6 Å². The number of aliphatic hydroxyl groups excluding tert-OH is 2. The van der Waals surface area contributed by atoms with Crippen molar-refractivity contribution in [3.8, 4) is 0 Å². The van der Waals surface area contributed by atoms with Gasteiger partial charge in [-0.05, 0) is 24.4 Å². The molecule has 0 amide bonds. The van der Waals surface area contributed by atoms with Crippen LogP contribution in [0.4, 0.5) is 0 Å². The number of aromatic nitrogens is 1. The molecule has 0 radical (unpaired) electrons. The summed E-state index contributed by atoms with van der Waals surface area (Å²) in [5.41, 5.74) is 2.20. The van der Waals surface area contributed by atoms with E-state index in [0.29, 0.717) is 6.54 Å². The molecule has 0 bridgehead atoms. The third-order valence-corrected chi connectivity index (χ3v) is 2.62. The average Bonchev–Trinajstić information content (AvgIpc) is 2.55. The van der Waals surface area contributed by atoms with Gasteiger partial charge in [-0.25, -0.2) is 0 Å². The number of para-hydroxylation sites is 1. The van der Waals surface area contributed by atoms with Gasteiger partial charge in [-0.15, -0.1) is 0 Å². The van der Waals surface area contributed by atoms with E-state index < -0.39 is 6.10 Å². The third-order valence-electron chi connectivity index (χ3n) is 2.62. The van der Waals surface area contributed by atoms with Crippen LogP contribution >= 0.6 is 0 Å². The van der Waals surface area contributed by atoms with Crippen LogP contribution in [0.5, 0.6) is 0 Å². The van der Waals surface area contributed by atoms with Crippen molar-refractivity contribution in [2.24, 2.45) is 0 Å². The number of hydrogen-bond donors (Lipinski definition) is 2. The molecule has 0 saturated heterocycles. The van der Waals surface area contributed by atoms with E-state index in [-0.39, 0.29) is 6.61 Å². The van der Waals surface area contributed by atoms with Crippen molar-refractivity contribution in [1.82, 2.24) is 4.57 Å². The second-order valence-corrected chi connectivity index (χ2v) is 3.79. The topological polar surface area (TPSA) is 45.4 Å². The van der Waals surface area contributed by atoms with E-state index in [9.17, 15) is 5.11 Å². The molecule has 1 aromatic carbocycles. The summed E-state index contributed by atoms with van der Waals surface area (Å²) in [5.74, 6) is 0. The lowest BCUT2D eigenvalue weighted by Gasteiger charge is -2.11. The average molecular weight is 205 g/mol. The molecule has 15 heavy (non-hydrogen) atoms. The number of hydrogen-bond acceptors (Lipinski definition) is 2. The first-order chi connectivity index (χ1) is 7.22. The quantitative estimate of drug-likeness (QED) is 0.793. The maximum atomic E-state index is 9.44. The summed E-state index contributed by atoms with van der Waals surface area (Å²) in [5, 5.41) is 19.4. The second kappa shape index (κ2) is 4.04. The number of fused-ring (bicyclic) bond motifs is 1. The van der Waals surface area contributed by atoms with Gasteiger partial charge in [0.05, 0.1) is 19.3 Å². The predicted molar refractivity (Wildman–Crippen MR) is 59.8 cm³/mol. The van der Waals surface area contributed by atoms with Crippen LogP contribution in [0.25, 0.3) is 10.9 Å². The van der Waals surface area contributed by atoms with Crippen LogP contribution in [-0.2, 0) is 6.54 Å². The molecule has 3 nitrogen and oxygen atoms in total. The molecule has 1 aromatic heterocycles. The SMILES string of the molecule is Cc1cc2ccccc2n1CC(O)CO. The highest BCUT2D eigenvalue weighted by Crippen LogP contribution is 2.19. The Morgan fingerprint density at radius 3 is 2.80 bits per heavy atom. The summed E-state index contributed by atoms with van der Waals surface area (Å²) in [6, 6.07) is 10.1. The maximum Gasteiger partial charge on any atom is 0.0949 e.